The van der Waals surface area contributed by atoms with Gasteiger partial charge in [0.15, 0.2) is 0 Å². The Morgan fingerprint density at radius 3 is 0.894 bits per heavy atom. The van der Waals surface area contributed by atoms with Gasteiger partial charge in [-0.3, -0.25) is 0 Å². The Morgan fingerprint density at radius 1 is 0.303 bits per heavy atom. The summed E-state index contributed by atoms with van der Waals surface area (Å²) in [5.41, 5.74) is 20.5. The van der Waals surface area contributed by atoms with Crippen molar-refractivity contribution >= 4 is 55.8 Å². The number of hydrogen-bond donors (Lipinski definition) is 0. The van der Waals surface area contributed by atoms with Gasteiger partial charge < -0.3 is 0 Å². The van der Waals surface area contributed by atoms with Crippen molar-refractivity contribution in [3.8, 4) is 67.0 Å². The number of nitrogens with zero attached hydrogens (tertiary/aromatic N) is 4. The smallest absolute Gasteiger partial charge is 0.0978 e. The van der Waals surface area contributed by atoms with Crippen molar-refractivity contribution in [1.29, 1.82) is 0 Å². The first kappa shape index (κ1) is 40.4. The molecule has 0 aliphatic heterocycles. The average molecular weight is 847 g/mol. The van der Waals surface area contributed by atoms with Crippen molar-refractivity contribution in [3.63, 3.8) is 0 Å². The highest BCUT2D eigenvalue weighted by atomic mass is 14.8. The molecule has 314 valence electrons. The van der Waals surface area contributed by atoms with Crippen LogP contribution in [0.5, 0.6) is 0 Å². The molecule has 4 heterocycles. The molecule has 0 amide bonds. The number of rotatable bonds is 8. The third-order valence-electron chi connectivity index (χ3n) is 12.7. The number of fused-ring (bicyclic) bond motifs is 6. The largest absolute Gasteiger partial charge is 0.246 e. The van der Waals surface area contributed by atoms with Crippen molar-refractivity contribution in [3.05, 3.63) is 217 Å². The highest BCUT2D eigenvalue weighted by molar-refractivity contribution is 6.14. The molecule has 0 N–H and O–H groups in total. The maximum atomic E-state index is 5.57. The van der Waals surface area contributed by atoms with Crippen LogP contribution in [0.15, 0.2) is 194 Å². The van der Waals surface area contributed by atoms with E-state index < -0.39 is 0 Å². The summed E-state index contributed by atoms with van der Waals surface area (Å²) in [7, 11) is 0. The van der Waals surface area contributed by atoms with E-state index in [-0.39, 0.29) is 0 Å². The lowest BCUT2D eigenvalue weighted by atomic mass is 9.91. The fourth-order valence-electron chi connectivity index (χ4n) is 9.57. The number of aromatic nitrogens is 4. The monoisotopic (exact) mass is 846 g/mol. The van der Waals surface area contributed by atoms with Gasteiger partial charge in [-0.15, -0.1) is 0 Å². The summed E-state index contributed by atoms with van der Waals surface area (Å²) in [6.07, 6.45) is 8.24. The van der Waals surface area contributed by atoms with E-state index in [0.29, 0.717) is 0 Å². The molecule has 0 unspecified atom stereocenters. The minimum atomic E-state index is 0.878. The maximum Gasteiger partial charge on any atom is 0.0978 e. The standard InChI is InChI=1S/C62H46N4/c1-5-19-45-35-53(41-21-11-7-12-22-41)47-29-31-49-55(43-25-15-9-16-26-43)37-57(65-61(49)59(47)63-45)51-33-40(4)52(34-39(51)3)58-38-56(44-27-17-10-18-28-44)50-32-30-48-54(42-23-13-8-14-24-42)36-46(20-6-2)64-60(48)62(50)66-58/h5-38H,1-4H3/b19-5+,20-6+. The summed E-state index contributed by atoms with van der Waals surface area (Å²) in [6, 6.07) is 64.8. The van der Waals surface area contributed by atoms with Crippen molar-refractivity contribution < 1.29 is 0 Å². The van der Waals surface area contributed by atoms with E-state index in [4.69, 9.17) is 19.9 Å². The molecule has 66 heavy (non-hydrogen) atoms. The lowest BCUT2D eigenvalue weighted by Crippen LogP contribution is -1.98. The number of pyridine rings is 4. The van der Waals surface area contributed by atoms with Crippen molar-refractivity contribution in [2.45, 2.75) is 27.7 Å². The van der Waals surface area contributed by atoms with Crippen LogP contribution in [0, 0.1) is 13.8 Å². The SMILES string of the molecule is C/C=C/c1cc(-c2ccccc2)c2ccc3c(-c4ccccc4)cc(-c4cc(C)c(-c5cc(-c6ccccc6)c6ccc7c(-c8ccccc8)cc(/C=C/C)nc7c6n5)cc4C)nc3c2n1. The van der Waals surface area contributed by atoms with E-state index in [1.807, 2.05) is 26.0 Å². The molecule has 0 fully saturated rings. The Morgan fingerprint density at radius 2 is 0.591 bits per heavy atom. The van der Waals surface area contributed by atoms with Crippen molar-refractivity contribution in [2.24, 2.45) is 0 Å². The molecule has 0 saturated carbocycles. The van der Waals surface area contributed by atoms with E-state index in [1.54, 1.807) is 0 Å². The second-order valence-corrected chi connectivity index (χ2v) is 17.0. The Balaban J connectivity index is 1.15. The fraction of sp³-hybridized carbons (Fsp3) is 0.0645. The van der Waals surface area contributed by atoms with Crippen LogP contribution in [-0.4, -0.2) is 19.9 Å². The molecule has 0 atom stereocenters. The van der Waals surface area contributed by atoms with Crippen LogP contribution in [-0.2, 0) is 0 Å². The van der Waals surface area contributed by atoms with Gasteiger partial charge in [-0.1, -0.05) is 158 Å². The predicted octanol–water partition coefficient (Wildman–Crippen LogP) is 16.6. The van der Waals surface area contributed by atoms with Gasteiger partial charge in [-0.25, -0.2) is 19.9 Å². The van der Waals surface area contributed by atoms with Gasteiger partial charge in [0, 0.05) is 32.7 Å². The van der Waals surface area contributed by atoms with Crippen LogP contribution >= 0.6 is 0 Å². The van der Waals surface area contributed by atoms with E-state index in [9.17, 15) is 0 Å². The molecule has 11 aromatic rings. The predicted molar refractivity (Wildman–Crippen MR) is 279 cm³/mol. The highest BCUT2D eigenvalue weighted by Gasteiger charge is 2.20. The quantitative estimate of drug-likeness (QED) is 0.143. The van der Waals surface area contributed by atoms with Crippen molar-refractivity contribution in [2.75, 3.05) is 0 Å². The molecule has 4 heteroatoms. The van der Waals surface area contributed by atoms with Crippen LogP contribution in [0.2, 0.25) is 0 Å². The molecule has 0 aliphatic rings. The fourth-order valence-corrected chi connectivity index (χ4v) is 9.57. The molecule has 0 radical (unpaired) electrons. The van der Waals surface area contributed by atoms with Gasteiger partial charge in [0.2, 0.25) is 0 Å². The van der Waals surface area contributed by atoms with E-state index in [0.717, 1.165) is 133 Å². The third-order valence-corrected chi connectivity index (χ3v) is 12.7. The van der Waals surface area contributed by atoms with Crippen LogP contribution in [0.4, 0.5) is 0 Å². The Labute approximate surface area is 385 Å². The second kappa shape index (κ2) is 17.0. The number of benzene rings is 7. The Bertz CT molecular complexity index is 3460. The Hall–Kier alpha value is -8.34. The molecule has 0 bridgehead atoms. The lowest BCUT2D eigenvalue weighted by Gasteiger charge is -2.18. The molecular weight excluding hydrogens is 801 g/mol. The minimum Gasteiger partial charge on any atom is -0.246 e. The van der Waals surface area contributed by atoms with Crippen LogP contribution in [0.1, 0.15) is 36.4 Å². The van der Waals surface area contributed by atoms with Gasteiger partial charge in [0.05, 0.1) is 44.8 Å². The molecule has 4 nitrogen and oxygen atoms in total. The third kappa shape index (κ3) is 7.23. The highest BCUT2D eigenvalue weighted by Crippen LogP contribution is 2.42. The topological polar surface area (TPSA) is 51.6 Å². The van der Waals surface area contributed by atoms with Gasteiger partial charge in [-0.05, 0) is 132 Å². The minimum absolute atomic E-state index is 0.878. The van der Waals surface area contributed by atoms with Crippen molar-refractivity contribution in [1.82, 2.24) is 19.9 Å². The molecule has 0 aliphatic carbocycles. The van der Waals surface area contributed by atoms with Gasteiger partial charge in [0.1, 0.15) is 0 Å². The number of allylic oxidation sites excluding steroid dienone is 2. The van der Waals surface area contributed by atoms with Gasteiger partial charge in [-0.2, -0.15) is 0 Å². The average Bonchev–Trinajstić information content (AvgIpc) is 3.37. The summed E-state index contributed by atoms with van der Waals surface area (Å²) >= 11 is 0. The maximum absolute atomic E-state index is 5.57. The van der Waals surface area contributed by atoms with E-state index in [1.165, 1.54) is 0 Å². The molecule has 0 spiro atoms. The summed E-state index contributed by atoms with van der Waals surface area (Å²) in [4.78, 5) is 21.7. The van der Waals surface area contributed by atoms with Gasteiger partial charge >= 0.3 is 0 Å². The number of hydrogen-bond acceptors (Lipinski definition) is 4. The summed E-state index contributed by atoms with van der Waals surface area (Å²) < 4.78 is 0. The molecular formula is C62H46N4. The normalized spacial score (nSPS) is 11.8. The zero-order valence-electron chi connectivity index (χ0n) is 37.4. The summed E-state index contributed by atoms with van der Waals surface area (Å²) in [5, 5.41) is 4.27. The van der Waals surface area contributed by atoms with E-state index >= 15 is 0 Å². The molecule has 11 rings (SSSR count). The summed E-state index contributed by atoms with van der Waals surface area (Å²) in [5.74, 6) is 0. The molecule has 4 aromatic heterocycles. The first-order valence-corrected chi connectivity index (χ1v) is 22.6. The molecule has 0 saturated heterocycles. The second-order valence-electron chi connectivity index (χ2n) is 17.0. The molecule has 7 aromatic carbocycles. The number of aryl methyl sites for hydroxylation is 2. The zero-order chi connectivity index (χ0) is 44.7. The van der Waals surface area contributed by atoms with Gasteiger partial charge in [0.25, 0.3) is 0 Å². The van der Waals surface area contributed by atoms with Crippen LogP contribution in [0.25, 0.3) is 123 Å². The lowest BCUT2D eigenvalue weighted by molar-refractivity contribution is 1.30. The van der Waals surface area contributed by atoms with Crippen LogP contribution in [0.3, 0.4) is 0 Å². The zero-order valence-corrected chi connectivity index (χ0v) is 37.4. The van der Waals surface area contributed by atoms with Crippen LogP contribution < -0.4 is 0 Å². The first-order valence-electron chi connectivity index (χ1n) is 22.6. The summed E-state index contributed by atoms with van der Waals surface area (Å²) in [6.45, 7) is 8.45. The Kier molecular flexibility index (Phi) is 10.4. The first-order chi connectivity index (χ1) is 32.4. The van der Waals surface area contributed by atoms with E-state index in [2.05, 4.69) is 208 Å².